The normalized spacial score (nSPS) is 11.1. The summed E-state index contributed by atoms with van der Waals surface area (Å²) in [6, 6.07) is 10.2. The van der Waals surface area contributed by atoms with Gasteiger partial charge in [-0.25, -0.2) is 4.98 Å². The summed E-state index contributed by atoms with van der Waals surface area (Å²) in [5.74, 6) is 0.598. The van der Waals surface area contributed by atoms with Crippen molar-refractivity contribution in [1.29, 1.82) is 0 Å². The summed E-state index contributed by atoms with van der Waals surface area (Å²) >= 11 is 0. The van der Waals surface area contributed by atoms with Crippen LogP contribution in [0.3, 0.4) is 0 Å². The third-order valence-corrected chi connectivity index (χ3v) is 3.58. The molecule has 0 aliphatic rings. The molecule has 5 heteroatoms. The fraction of sp³-hybridized carbons (Fsp3) is 0.200. The second-order valence-electron chi connectivity index (χ2n) is 4.97. The first-order valence-corrected chi connectivity index (χ1v) is 6.51. The highest BCUT2D eigenvalue weighted by molar-refractivity contribution is 5.70. The van der Waals surface area contributed by atoms with Gasteiger partial charge in [0.25, 0.3) is 0 Å². The number of anilines is 2. The average molecular weight is 267 g/mol. The first kappa shape index (κ1) is 12.5. The van der Waals surface area contributed by atoms with E-state index in [9.17, 15) is 0 Å². The van der Waals surface area contributed by atoms with Crippen LogP contribution in [-0.4, -0.2) is 14.6 Å². The van der Waals surface area contributed by atoms with Crippen LogP contribution >= 0.6 is 0 Å². The molecule has 5 nitrogen and oxygen atoms in total. The maximum absolute atomic E-state index is 6.16. The van der Waals surface area contributed by atoms with E-state index in [-0.39, 0.29) is 0 Å². The highest BCUT2D eigenvalue weighted by Crippen LogP contribution is 2.24. The van der Waals surface area contributed by atoms with E-state index in [1.165, 1.54) is 5.56 Å². The second-order valence-corrected chi connectivity index (χ2v) is 4.97. The van der Waals surface area contributed by atoms with Gasteiger partial charge < -0.3 is 11.5 Å². The van der Waals surface area contributed by atoms with Crippen molar-refractivity contribution in [2.45, 2.75) is 20.3 Å². The smallest absolute Gasteiger partial charge is 0.181 e. The maximum atomic E-state index is 6.16. The minimum absolute atomic E-state index is 0.589. The first-order valence-electron chi connectivity index (χ1n) is 6.51. The molecule has 20 heavy (non-hydrogen) atoms. The van der Waals surface area contributed by atoms with Crippen LogP contribution in [0.4, 0.5) is 11.5 Å². The van der Waals surface area contributed by atoms with Crippen LogP contribution < -0.4 is 11.5 Å². The van der Waals surface area contributed by atoms with Crippen LogP contribution in [0.15, 0.2) is 30.3 Å². The molecular formula is C15H17N5. The molecule has 0 unspecified atom stereocenters. The SMILES string of the molecule is Cc1nn2c(N)c(C)c(Cc3ccccc3)nc2c1N. The Morgan fingerprint density at radius 2 is 1.80 bits per heavy atom. The summed E-state index contributed by atoms with van der Waals surface area (Å²) in [6.45, 7) is 3.82. The number of nitrogens with two attached hydrogens (primary N) is 2. The Balaban J connectivity index is 2.16. The number of benzene rings is 1. The van der Waals surface area contributed by atoms with Crippen molar-refractivity contribution in [2.24, 2.45) is 0 Å². The Hall–Kier alpha value is -2.56. The molecule has 0 amide bonds. The van der Waals surface area contributed by atoms with Gasteiger partial charge in [-0.1, -0.05) is 30.3 Å². The molecule has 0 saturated heterocycles. The molecule has 0 aliphatic carbocycles. The van der Waals surface area contributed by atoms with Gasteiger partial charge in [-0.3, -0.25) is 0 Å². The molecule has 1 aromatic carbocycles. The summed E-state index contributed by atoms with van der Waals surface area (Å²) in [5, 5.41) is 4.33. The van der Waals surface area contributed by atoms with Gasteiger partial charge in [-0.05, 0) is 19.4 Å². The summed E-state index contributed by atoms with van der Waals surface area (Å²) in [7, 11) is 0. The Kier molecular flexibility index (Phi) is 2.82. The third-order valence-electron chi connectivity index (χ3n) is 3.58. The lowest BCUT2D eigenvalue weighted by atomic mass is 10.1. The van der Waals surface area contributed by atoms with Crippen LogP contribution in [0.1, 0.15) is 22.5 Å². The monoisotopic (exact) mass is 267 g/mol. The van der Waals surface area contributed by atoms with Crippen LogP contribution in [0.25, 0.3) is 5.65 Å². The molecule has 0 bridgehead atoms. The Labute approximate surface area is 117 Å². The van der Waals surface area contributed by atoms with Gasteiger partial charge in [0, 0.05) is 12.0 Å². The van der Waals surface area contributed by atoms with Crippen molar-refractivity contribution in [3.8, 4) is 0 Å². The van der Waals surface area contributed by atoms with Gasteiger partial charge in [0.2, 0.25) is 0 Å². The highest BCUT2D eigenvalue weighted by Gasteiger charge is 2.15. The lowest BCUT2D eigenvalue weighted by molar-refractivity contribution is 0.899. The lowest BCUT2D eigenvalue weighted by Gasteiger charge is -2.10. The largest absolute Gasteiger partial charge is 0.394 e. The zero-order valence-electron chi connectivity index (χ0n) is 11.6. The predicted octanol–water partition coefficient (Wildman–Crippen LogP) is 2.10. The summed E-state index contributed by atoms with van der Waals surface area (Å²) < 4.78 is 1.62. The molecule has 102 valence electrons. The van der Waals surface area contributed by atoms with Gasteiger partial charge >= 0.3 is 0 Å². The van der Waals surface area contributed by atoms with Gasteiger partial charge in [0.05, 0.1) is 11.4 Å². The number of nitrogens with zero attached hydrogens (tertiary/aromatic N) is 3. The van der Waals surface area contributed by atoms with Gasteiger partial charge in [-0.15, -0.1) is 0 Å². The summed E-state index contributed by atoms with van der Waals surface area (Å²) in [4.78, 5) is 4.65. The van der Waals surface area contributed by atoms with E-state index in [0.717, 1.165) is 23.4 Å². The first-order chi connectivity index (χ1) is 9.58. The van der Waals surface area contributed by atoms with E-state index in [4.69, 9.17) is 11.5 Å². The van der Waals surface area contributed by atoms with Crippen molar-refractivity contribution in [2.75, 3.05) is 11.5 Å². The molecule has 2 heterocycles. The van der Waals surface area contributed by atoms with E-state index < -0.39 is 0 Å². The molecule has 0 aliphatic heterocycles. The van der Waals surface area contributed by atoms with E-state index in [0.29, 0.717) is 17.2 Å². The van der Waals surface area contributed by atoms with E-state index in [1.807, 2.05) is 32.0 Å². The molecule has 3 rings (SSSR count). The molecule has 0 atom stereocenters. The molecular weight excluding hydrogens is 250 g/mol. The third kappa shape index (κ3) is 1.87. The Morgan fingerprint density at radius 3 is 2.50 bits per heavy atom. The van der Waals surface area contributed by atoms with Gasteiger partial charge in [0.1, 0.15) is 11.5 Å². The fourth-order valence-corrected chi connectivity index (χ4v) is 2.28. The van der Waals surface area contributed by atoms with E-state index >= 15 is 0 Å². The van der Waals surface area contributed by atoms with Crippen molar-refractivity contribution in [3.05, 3.63) is 52.8 Å². The van der Waals surface area contributed by atoms with Crippen LogP contribution in [0.2, 0.25) is 0 Å². The number of fused-ring (bicyclic) bond motifs is 1. The number of rotatable bonds is 2. The average Bonchev–Trinajstić information content (AvgIpc) is 2.74. The van der Waals surface area contributed by atoms with E-state index in [1.54, 1.807) is 4.52 Å². The standard InChI is InChI=1S/C15H17N5/c1-9-12(8-11-6-4-3-5-7-11)18-15-13(16)10(2)19-20(15)14(9)17/h3-7H,8,16-17H2,1-2H3. The molecule has 4 N–H and O–H groups in total. The summed E-state index contributed by atoms with van der Waals surface area (Å²) in [5.41, 5.74) is 17.2. The number of hydrogen-bond donors (Lipinski definition) is 2. The van der Waals surface area contributed by atoms with Crippen LogP contribution in [-0.2, 0) is 6.42 Å². The minimum Gasteiger partial charge on any atom is -0.394 e. The van der Waals surface area contributed by atoms with Gasteiger partial charge in [-0.2, -0.15) is 9.61 Å². The number of nitrogen functional groups attached to an aromatic ring is 2. The second kappa shape index (κ2) is 4.52. The highest BCUT2D eigenvalue weighted by atomic mass is 15.3. The van der Waals surface area contributed by atoms with Crippen LogP contribution in [0.5, 0.6) is 0 Å². The Bertz CT molecular complexity index is 774. The fourth-order valence-electron chi connectivity index (χ4n) is 2.28. The van der Waals surface area contributed by atoms with Crippen molar-refractivity contribution < 1.29 is 0 Å². The zero-order valence-corrected chi connectivity index (χ0v) is 11.6. The Morgan fingerprint density at radius 1 is 1.10 bits per heavy atom. The van der Waals surface area contributed by atoms with Crippen molar-refractivity contribution >= 4 is 17.2 Å². The number of aryl methyl sites for hydroxylation is 1. The molecule has 0 radical (unpaired) electrons. The number of hydrogen-bond acceptors (Lipinski definition) is 4. The van der Waals surface area contributed by atoms with Gasteiger partial charge in [0.15, 0.2) is 5.65 Å². The topological polar surface area (TPSA) is 82.2 Å². The lowest BCUT2D eigenvalue weighted by Crippen LogP contribution is -2.08. The molecule has 2 aromatic heterocycles. The summed E-state index contributed by atoms with van der Waals surface area (Å²) in [6.07, 6.45) is 0.733. The molecule has 0 spiro atoms. The van der Waals surface area contributed by atoms with Crippen molar-refractivity contribution in [1.82, 2.24) is 14.6 Å². The van der Waals surface area contributed by atoms with Crippen LogP contribution in [0, 0.1) is 13.8 Å². The quantitative estimate of drug-likeness (QED) is 0.745. The molecule has 0 saturated carbocycles. The molecule has 3 aromatic rings. The van der Waals surface area contributed by atoms with Crippen molar-refractivity contribution in [3.63, 3.8) is 0 Å². The van der Waals surface area contributed by atoms with E-state index in [2.05, 4.69) is 22.2 Å². The minimum atomic E-state index is 0.589. The number of aromatic nitrogens is 3. The zero-order chi connectivity index (χ0) is 14.3. The predicted molar refractivity (Wildman–Crippen MR) is 80.5 cm³/mol. The molecule has 0 fully saturated rings. The maximum Gasteiger partial charge on any atom is 0.181 e.